The number of anilines is 1. The van der Waals surface area contributed by atoms with E-state index in [1.165, 1.54) is 0 Å². The summed E-state index contributed by atoms with van der Waals surface area (Å²) < 4.78 is 0. The number of carbonyl (C=O) groups is 1. The third-order valence-electron chi connectivity index (χ3n) is 3.92. The molecule has 3 rings (SSSR count). The van der Waals surface area contributed by atoms with Gasteiger partial charge < -0.3 is 10.8 Å². The fourth-order valence-electron chi connectivity index (χ4n) is 2.81. The summed E-state index contributed by atoms with van der Waals surface area (Å²) in [6.45, 7) is 1.78. The number of fused-ring (bicyclic) bond motifs is 1. The Morgan fingerprint density at radius 2 is 2.14 bits per heavy atom. The number of benzene rings is 1. The highest BCUT2D eigenvalue weighted by molar-refractivity contribution is 6.11. The minimum Gasteiger partial charge on any atom is -0.383 e. The number of nitrogens with one attached hydrogen (secondary N) is 2. The van der Waals surface area contributed by atoms with Crippen LogP contribution in [-0.4, -0.2) is 28.1 Å². The van der Waals surface area contributed by atoms with Crippen LogP contribution in [0.25, 0.3) is 10.9 Å². The van der Waals surface area contributed by atoms with Crippen molar-refractivity contribution in [1.82, 2.24) is 15.8 Å². The van der Waals surface area contributed by atoms with Crippen molar-refractivity contribution in [3.63, 3.8) is 0 Å². The van der Waals surface area contributed by atoms with E-state index in [-0.39, 0.29) is 28.8 Å². The average molecular weight is 297 g/mol. The summed E-state index contributed by atoms with van der Waals surface area (Å²) in [5, 5.41) is 19.9. The normalized spacial score (nSPS) is 24.3. The molecule has 7 heteroatoms. The van der Waals surface area contributed by atoms with Gasteiger partial charge in [0.15, 0.2) is 5.78 Å². The molecule has 0 radical (unpaired) electrons. The Bertz CT molecular complexity index is 788. The van der Waals surface area contributed by atoms with Crippen LogP contribution in [0.1, 0.15) is 22.8 Å². The Hall–Kier alpha value is -2.53. The van der Waals surface area contributed by atoms with E-state index in [9.17, 15) is 15.2 Å². The molecule has 1 aliphatic heterocycles. The number of ketones is 1. The van der Waals surface area contributed by atoms with Gasteiger partial charge in [0.2, 0.25) is 0 Å². The molecule has 22 heavy (non-hydrogen) atoms. The van der Waals surface area contributed by atoms with E-state index in [1.54, 1.807) is 31.2 Å². The van der Waals surface area contributed by atoms with E-state index in [0.29, 0.717) is 10.9 Å². The lowest BCUT2D eigenvalue weighted by Gasteiger charge is -2.18. The highest BCUT2D eigenvalue weighted by atomic mass is 16.3. The summed E-state index contributed by atoms with van der Waals surface area (Å²) >= 11 is 0. The number of nitriles is 1. The van der Waals surface area contributed by atoms with Crippen LogP contribution in [-0.2, 0) is 0 Å². The second-order valence-corrected chi connectivity index (χ2v) is 5.29. The average Bonchev–Trinajstić information content (AvgIpc) is 2.84. The van der Waals surface area contributed by atoms with Crippen LogP contribution in [0, 0.1) is 17.2 Å². The minimum absolute atomic E-state index is 0.0191. The number of rotatable bonds is 2. The van der Waals surface area contributed by atoms with Crippen LogP contribution in [0.2, 0.25) is 0 Å². The molecule has 1 aromatic heterocycles. The topological polar surface area (TPSA) is 124 Å². The standard InChI is InChI=1S/C15H15N5O2/c1-7-11(15(22)20-19-7)13(21)12-8-4-2-3-5-10(8)18-14(17)9(12)6-16/h2-5,7,11,15,19-20,22H,1H3,(H2,17,18). The summed E-state index contributed by atoms with van der Waals surface area (Å²) in [5.41, 5.74) is 12.1. The second kappa shape index (κ2) is 5.35. The van der Waals surface area contributed by atoms with Gasteiger partial charge in [-0.2, -0.15) is 5.26 Å². The first-order valence-electron chi connectivity index (χ1n) is 6.86. The minimum atomic E-state index is -1.03. The monoisotopic (exact) mass is 297 g/mol. The number of pyridine rings is 1. The van der Waals surface area contributed by atoms with Crippen LogP contribution in [0.4, 0.5) is 5.82 Å². The Balaban J connectivity index is 2.25. The third kappa shape index (κ3) is 2.10. The van der Waals surface area contributed by atoms with Crippen molar-refractivity contribution in [3.05, 3.63) is 35.4 Å². The first-order valence-corrected chi connectivity index (χ1v) is 6.86. The number of aliphatic hydroxyl groups excluding tert-OH is 1. The molecule has 5 N–H and O–H groups in total. The van der Waals surface area contributed by atoms with Gasteiger partial charge in [-0.25, -0.2) is 10.4 Å². The van der Waals surface area contributed by atoms with Crippen molar-refractivity contribution in [2.45, 2.75) is 19.2 Å². The largest absolute Gasteiger partial charge is 0.383 e. The molecular weight excluding hydrogens is 282 g/mol. The fraction of sp³-hybridized carbons (Fsp3) is 0.267. The Kier molecular flexibility index (Phi) is 3.50. The van der Waals surface area contributed by atoms with Crippen LogP contribution < -0.4 is 16.6 Å². The van der Waals surface area contributed by atoms with Crippen molar-refractivity contribution in [2.75, 3.05) is 5.73 Å². The van der Waals surface area contributed by atoms with Gasteiger partial charge >= 0.3 is 0 Å². The molecule has 0 amide bonds. The maximum atomic E-state index is 12.9. The van der Waals surface area contributed by atoms with Crippen molar-refractivity contribution >= 4 is 22.5 Å². The molecule has 1 fully saturated rings. The van der Waals surface area contributed by atoms with Crippen molar-refractivity contribution in [2.24, 2.45) is 5.92 Å². The molecule has 1 aliphatic rings. The van der Waals surface area contributed by atoms with E-state index in [4.69, 9.17) is 5.73 Å². The molecule has 0 aliphatic carbocycles. The van der Waals surface area contributed by atoms with Gasteiger partial charge in [-0.1, -0.05) is 18.2 Å². The van der Waals surface area contributed by atoms with Crippen LogP contribution >= 0.6 is 0 Å². The first kappa shape index (κ1) is 14.4. The van der Waals surface area contributed by atoms with Crippen LogP contribution in [0.3, 0.4) is 0 Å². The number of hydrogen-bond acceptors (Lipinski definition) is 7. The number of aromatic nitrogens is 1. The lowest BCUT2D eigenvalue weighted by atomic mass is 9.88. The number of hydrogen-bond donors (Lipinski definition) is 4. The predicted molar refractivity (Wildman–Crippen MR) is 80.4 cm³/mol. The predicted octanol–water partition coefficient (Wildman–Crippen LogP) is 0.302. The smallest absolute Gasteiger partial charge is 0.173 e. The summed E-state index contributed by atoms with van der Waals surface area (Å²) in [6.07, 6.45) is -1.03. The SMILES string of the molecule is CC1NNC(O)C1C(=O)c1c(C#N)c(N)nc2ccccc12. The summed E-state index contributed by atoms with van der Waals surface area (Å²) in [4.78, 5) is 17.1. The van der Waals surface area contributed by atoms with E-state index >= 15 is 0 Å². The molecule has 1 saturated heterocycles. The molecule has 2 aromatic rings. The van der Waals surface area contributed by atoms with E-state index in [2.05, 4.69) is 15.8 Å². The van der Waals surface area contributed by atoms with Crippen LogP contribution in [0.15, 0.2) is 24.3 Å². The quantitative estimate of drug-likeness (QED) is 0.588. The Morgan fingerprint density at radius 1 is 1.41 bits per heavy atom. The maximum Gasteiger partial charge on any atom is 0.173 e. The number of aliphatic hydroxyl groups is 1. The molecule has 7 nitrogen and oxygen atoms in total. The van der Waals surface area contributed by atoms with Gasteiger partial charge in [0.05, 0.1) is 11.4 Å². The number of carbonyl (C=O) groups excluding carboxylic acids is 1. The number of nitrogens with zero attached hydrogens (tertiary/aromatic N) is 2. The van der Waals surface area contributed by atoms with E-state index < -0.39 is 12.1 Å². The number of para-hydroxylation sites is 1. The summed E-state index contributed by atoms with van der Waals surface area (Å²) in [6, 6.07) is 8.69. The van der Waals surface area contributed by atoms with Crippen LogP contribution in [0.5, 0.6) is 0 Å². The van der Waals surface area contributed by atoms with Gasteiger partial charge in [-0.05, 0) is 13.0 Å². The molecule has 0 saturated carbocycles. The van der Waals surface area contributed by atoms with Crippen molar-refractivity contribution in [3.8, 4) is 6.07 Å². The van der Waals surface area contributed by atoms with Crippen molar-refractivity contribution < 1.29 is 9.90 Å². The number of nitrogen functional groups attached to an aromatic ring is 1. The maximum absolute atomic E-state index is 12.9. The third-order valence-corrected chi connectivity index (χ3v) is 3.92. The lowest BCUT2D eigenvalue weighted by molar-refractivity contribution is 0.0698. The van der Waals surface area contributed by atoms with Gasteiger partial charge in [0.25, 0.3) is 0 Å². The van der Waals surface area contributed by atoms with Gasteiger partial charge in [-0.15, -0.1) is 0 Å². The number of nitrogens with two attached hydrogens (primary N) is 1. The highest BCUT2D eigenvalue weighted by Crippen LogP contribution is 2.29. The highest BCUT2D eigenvalue weighted by Gasteiger charge is 2.39. The number of Topliss-reactive ketones (excluding diaryl/α,β-unsaturated/α-hetero) is 1. The molecule has 3 unspecified atom stereocenters. The van der Waals surface area contributed by atoms with Gasteiger partial charge in [0.1, 0.15) is 23.7 Å². The van der Waals surface area contributed by atoms with Gasteiger partial charge in [0, 0.05) is 17.0 Å². The van der Waals surface area contributed by atoms with Crippen molar-refractivity contribution in [1.29, 1.82) is 5.26 Å². The molecule has 0 spiro atoms. The fourth-order valence-corrected chi connectivity index (χ4v) is 2.81. The van der Waals surface area contributed by atoms with E-state index in [1.807, 2.05) is 6.07 Å². The first-order chi connectivity index (χ1) is 10.5. The zero-order valence-electron chi connectivity index (χ0n) is 11.9. The Labute approximate surface area is 126 Å². The molecule has 3 atom stereocenters. The zero-order valence-corrected chi connectivity index (χ0v) is 11.9. The number of hydrazine groups is 1. The Morgan fingerprint density at radius 3 is 2.77 bits per heavy atom. The molecule has 112 valence electrons. The summed E-state index contributed by atoms with van der Waals surface area (Å²) in [5.74, 6) is -1.03. The summed E-state index contributed by atoms with van der Waals surface area (Å²) in [7, 11) is 0. The lowest BCUT2D eigenvalue weighted by Crippen LogP contribution is -2.34. The molecule has 2 heterocycles. The van der Waals surface area contributed by atoms with E-state index in [0.717, 1.165) is 0 Å². The van der Waals surface area contributed by atoms with Gasteiger partial charge in [-0.3, -0.25) is 10.2 Å². The molecule has 0 bridgehead atoms. The molecular formula is C15H15N5O2. The molecule has 1 aromatic carbocycles. The second-order valence-electron chi connectivity index (χ2n) is 5.29. The zero-order chi connectivity index (χ0) is 15.9.